The number of nitrogens with zero attached hydrogens (tertiary/aromatic N) is 2. The Hall–Kier alpha value is -6.64. The fraction of sp³-hybridized carbons (Fsp3) is 0.0769. The summed E-state index contributed by atoms with van der Waals surface area (Å²) in [5, 5.41) is 7.72. The maximum absolute atomic E-state index is 2.50. The molecule has 0 saturated heterocycles. The Morgan fingerprint density at radius 3 is 1.46 bits per heavy atom. The van der Waals surface area contributed by atoms with Gasteiger partial charge in [0.05, 0.1) is 22.1 Å². The first-order valence-corrected chi connectivity index (χ1v) is 19.2. The van der Waals surface area contributed by atoms with Crippen molar-refractivity contribution in [3.8, 4) is 33.4 Å². The molecule has 9 aromatic rings. The maximum Gasteiger partial charge on any atom is 0.0544 e. The number of hydrogen-bond donors (Lipinski definition) is 0. The molecule has 0 amide bonds. The molecule has 2 aliphatic rings. The van der Waals surface area contributed by atoms with E-state index in [1.165, 1.54) is 99.2 Å². The van der Waals surface area contributed by atoms with Crippen LogP contribution in [0.25, 0.3) is 99.2 Å². The molecule has 2 heteroatoms. The van der Waals surface area contributed by atoms with Crippen molar-refractivity contribution in [1.82, 2.24) is 9.13 Å². The highest BCUT2D eigenvalue weighted by Gasteiger charge is 2.18. The average Bonchev–Trinajstić information content (AvgIpc) is 3.76. The number of benzene rings is 7. The summed E-state index contributed by atoms with van der Waals surface area (Å²) in [6, 6.07) is 54.4. The normalized spacial score (nSPS) is 14.4. The number of para-hydroxylation sites is 1. The second-order valence-corrected chi connectivity index (χ2v) is 14.8. The van der Waals surface area contributed by atoms with Crippen LogP contribution in [0.3, 0.4) is 0 Å². The van der Waals surface area contributed by atoms with Gasteiger partial charge in [-0.3, -0.25) is 0 Å². The first-order valence-electron chi connectivity index (χ1n) is 19.2. The van der Waals surface area contributed by atoms with Gasteiger partial charge in [0.25, 0.3) is 0 Å². The van der Waals surface area contributed by atoms with Crippen LogP contribution in [0.2, 0.25) is 0 Å². The van der Waals surface area contributed by atoms with E-state index < -0.39 is 0 Å². The van der Waals surface area contributed by atoms with Crippen molar-refractivity contribution in [3.63, 3.8) is 0 Å². The fourth-order valence-corrected chi connectivity index (χ4v) is 8.93. The molecule has 0 unspecified atom stereocenters. The van der Waals surface area contributed by atoms with E-state index in [9.17, 15) is 0 Å². The number of fused-ring (bicyclic) bond motifs is 7. The zero-order valence-corrected chi connectivity index (χ0v) is 30.0. The summed E-state index contributed by atoms with van der Waals surface area (Å²) in [6.07, 6.45) is 17.7. The standard InChI is InChI=1S/C52H38N2/c1-3-13-43(14-4-1)53-49-18-10-9-17-45(49)47-32-40(26-29-50(47)53)36-19-21-37(22-20-36)41-27-30-51-48(33-41)46-28-25-42(34-52(46)54(51)44-15-5-2-6-16-44)39-24-23-35-11-7-8-12-38(35)31-39/h1-3,5,7-13,15,17-34H,4,6,14,16H2. The number of aromatic nitrogens is 2. The van der Waals surface area contributed by atoms with E-state index in [2.05, 4.69) is 191 Å². The lowest BCUT2D eigenvalue weighted by Crippen LogP contribution is -1.98. The SMILES string of the molecule is C1=CCCC(n2c3ccccc3c3cc(-c4ccc(-c5ccc6c(c5)c5ccc(-c7ccc8ccccc8c7)cc5n6C5=CC=CCC5)cc4)ccc32)=C1. The lowest BCUT2D eigenvalue weighted by atomic mass is 9.97. The van der Waals surface area contributed by atoms with E-state index in [1.54, 1.807) is 0 Å². The third-order valence-electron chi connectivity index (χ3n) is 11.6. The monoisotopic (exact) mass is 690 g/mol. The van der Waals surface area contributed by atoms with E-state index in [0.29, 0.717) is 0 Å². The van der Waals surface area contributed by atoms with Gasteiger partial charge in [-0.05, 0) is 124 Å². The Kier molecular flexibility index (Phi) is 7.16. The number of rotatable bonds is 5. The highest BCUT2D eigenvalue weighted by Crippen LogP contribution is 2.40. The van der Waals surface area contributed by atoms with Crippen LogP contribution in [-0.2, 0) is 0 Å². The molecule has 256 valence electrons. The minimum absolute atomic E-state index is 1.03. The molecule has 0 radical (unpaired) electrons. The van der Waals surface area contributed by atoms with Gasteiger partial charge in [-0.1, -0.05) is 127 Å². The van der Waals surface area contributed by atoms with Gasteiger partial charge in [-0.15, -0.1) is 0 Å². The fourth-order valence-electron chi connectivity index (χ4n) is 8.93. The summed E-state index contributed by atoms with van der Waals surface area (Å²) < 4.78 is 4.96. The van der Waals surface area contributed by atoms with E-state index in [-0.39, 0.29) is 0 Å². The molecule has 11 rings (SSSR count). The molecule has 0 bridgehead atoms. The summed E-state index contributed by atoms with van der Waals surface area (Å²) in [6.45, 7) is 0. The van der Waals surface area contributed by atoms with Gasteiger partial charge in [0, 0.05) is 32.9 Å². The van der Waals surface area contributed by atoms with Gasteiger partial charge in [0.1, 0.15) is 0 Å². The number of allylic oxidation sites excluding steroid dienone is 8. The third kappa shape index (κ3) is 5.02. The van der Waals surface area contributed by atoms with E-state index in [4.69, 9.17) is 0 Å². The van der Waals surface area contributed by atoms with Crippen LogP contribution in [-0.4, -0.2) is 9.13 Å². The Bertz CT molecular complexity index is 3080. The molecule has 2 heterocycles. The summed E-state index contributed by atoms with van der Waals surface area (Å²) in [5.74, 6) is 0. The molecular formula is C52H38N2. The quantitative estimate of drug-likeness (QED) is 0.170. The molecule has 0 fully saturated rings. The number of hydrogen-bond acceptors (Lipinski definition) is 0. The van der Waals surface area contributed by atoms with Gasteiger partial charge in [0.2, 0.25) is 0 Å². The second-order valence-electron chi connectivity index (χ2n) is 14.8. The Morgan fingerprint density at radius 2 is 0.815 bits per heavy atom. The second kappa shape index (κ2) is 12.5. The minimum Gasteiger partial charge on any atom is -0.313 e. The van der Waals surface area contributed by atoms with Crippen LogP contribution in [0.4, 0.5) is 0 Å². The topological polar surface area (TPSA) is 9.86 Å². The molecule has 0 saturated carbocycles. The van der Waals surface area contributed by atoms with Crippen LogP contribution in [0.15, 0.2) is 182 Å². The molecule has 0 atom stereocenters. The van der Waals surface area contributed by atoms with Crippen molar-refractivity contribution in [1.29, 1.82) is 0 Å². The average molecular weight is 691 g/mol. The molecule has 7 aromatic carbocycles. The van der Waals surface area contributed by atoms with Gasteiger partial charge in [-0.2, -0.15) is 0 Å². The Labute approximate surface area is 314 Å². The Morgan fingerprint density at radius 1 is 0.333 bits per heavy atom. The predicted molar refractivity (Wildman–Crippen MR) is 232 cm³/mol. The van der Waals surface area contributed by atoms with E-state index in [0.717, 1.165) is 25.7 Å². The highest BCUT2D eigenvalue weighted by atomic mass is 15.0. The lowest BCUT2D eigenvalue weighted by molar-refractivity contribution is 0.979. The van der Waals surface area contributed by atoms with Crippen molar-refractivity contribution < 1.29 is 0 Å². The van der Waals surface area contributed by atoms with Gasteiger partial charge < -0.3 is 9.13 Å². The first-order chi connectivity index (χ1) is 26.8. The molecule has 0 N–H and O–H groups in total. The summed E-state index contributed by atoms with van der Waals surface area (Å²) in [5.41, 5.74) is 15.2. The van der Waals surface area contributed by atoms with Crippen LogP contribution in [0.1, 0.15) is 25.7 Å². The van der Waals surface area contributed by atoms with Crippen LogP contribution in [0, 0.1) is 0 Å². The highest BCUT2D eigenvalue weighted by molar-refractivity contribution is 6.13. The van der Waals surface area contributed by atoms with Crippen LogP contribution >= 0.6 is 0 Å². The van der Waals surface area contributed by atoms with Crippen molar-refractivity contribution in [2.24, 2.45) is 0 Å². The summed E-state index contributed by atoms with van der Waals surface area (Å²) >= 11 is 0. The summed E-state index contributed by atoms with van der Waals surface area (Å²) in [7, 11) is 0. The van der Waals surface area contributed by atoms with Gasteiger partial charge in [-0.25, -0.2) is 0 Å². The predicted octanol–water partition coefficient (Wildman–Crippen LogP) is 14.4. The summed E-state index contributed by atoms with van der Waals surface area (Å²) in [4.78, 5) is 0. The van der Waals surface area contributed by atoms with E-state index >= 15 is 0 Å². The minimum atomic E-state index is 1.03. The molecule has 2 aromatic heterocycles. The molecule has 0 spiro atoms. The molecular weight excluding hydrogens is 653 g/mol. The molecule has 2 aliphatic carbocycles. The molecule has 54 heavy (non-hydrogen) atoms. The van der Waals surface area contributed by atoms with Crippen molar-refractivity contribution >= 4 is 65.8 Å². The van der Waals surface area contributed by atoms with Crippen LogP contribution in [0.5, 0.6) is 0 Å². The lowest BCUT2D eigenvalue weighted by Gasteiger charge is -2.15. The third-order valence-corrected chi connectivity index (χ3v) is 11.6. The van der Waals surface area contributed by atoms with Crippen molar-refractivity contribution in [2.45, 2.75) is 25.7 Å². The zero-order chi connectivity index (χ0) is 35.6. The van der Waals surface area contributed by atoms with Gasteiger partial charge in [0.15, 0.2) is 0 Å². The largest absolute Gasteiger partial charge is 0.313 e. The van der Waals surface area contributed by atoms with Crippen LogP contribution < -0.4 is 0 Å². The zero-order valence-electron chi connectivity index (χ0n) is 30.0. The van der Waals surface area contributed by atoms with E-state index in [1.807, 2.05) is 0 Å². The smallest absolute Gasteiger partial charge is 0.0544 e. The van der Waals surface area contributed by atoms with Gasteiger partial charge >= 0.3 is 0 Å². The molecule has 0 aliphatic heterocycles. The molecule has 2 nitrogen and oxygen atoms in total. The maximum atomic E-state index is 2.50. The van der Waals surface area contributed by atoms with Crippen molar-refractivity contribution in [2.75, 3.05) is 0 Å². The Balaban J connectivity index is 0.988. The van der Waals surface area contributed by atoms with Crippen molar-refractivity contribution in [3.05, 3.63) is 182 Å². The first kappa shape index (κ1) is 30.9.